The lowest BCUT2D eigenvalue weighted by Crippen LogP contribution is -2.25. The SMILES string of the molecule is CC=CC1CCC(c2cnc(OC(F)(F)c3ccc(OCC)c(F)c3F)nc2)CC1. The lowest BCUT2D eigenvalue weighted by atomic mass is 9.79. The molecule has 3 rings (SSSR count). The minimum Gasteiger partial charge on any atom is -0.491 e. The summed E-state index contributed by atoms with van der Waals surface area (Å²) in [7, 11) is 0. The highest BCUT2D eigenvalue weighted by atomic mass is 19.3. The first-order chi connectivity index (χ1) is 14.4. The Morgan fingerprint density at radius 2 is 1.73 bits per heavy atom. The second-order valence-corrected chi connectivity index (χ2v) is 7.23. The number of rotatable bonds is 7. The number of hydrogen-bond donors (Lipinski definition) is 0. The van der Waals surface area contributed by atoms with Crippen LogP contribution < -0.4 is 9.47 Å². The molecule has 0 atom stereocenters. The lowest BCUT2D eigenvalue weighted by molar-refractivity contribution is -0.192. The van der Waals surface area contributed by atoms with E-state index in [1.54, 1.807) is 6.92 Å². The van der Waals surface area contributed by atoms with Crippen molar-refractivity contribution in [1.29, 1.82) is 0 Å². The van der Waals surface area contributed by atoms with Crippen LogP contribution in [-0.4, -0.2) is 16.6 Å². The number of nitrogens with zero attached hydrogens (tertiary/aromatic N) is 2. The molecular weight excluding hydrogens is 400 g/mol. The van der Waals surface area contributed by atoms with E-state index in [4.69, 9.17) is 4.74 Å². The van der Waals surface area contributed by atoms with Gasteiger partial charge in [0.05, 0.1) is 6.61 Å². The molecule has 1 aromatic carbocycles. The Morgan fingerprint density at radius 3 is 2.33 bits per heavy atom. The topological polar surface area (TPSA) is 44.2 Å². The van der Waals surface area contributed by atoms with Gasteiger partial charge in [-0.25, -0.2) is 14.4 Å². The smallest absolute Gasteiger partial charge is 0.431 e. The molecule has 0 bridgehead atoms. The molecule has 0 N–H and O–H groups in total. The fourth-order valence-electron chi connectivity index (χ4n) is 3.70. The third-order valence-electron chi connectivity index (χ3n) is 5.24. The van der Waals surface area contributed by atoms with E-state index in [0.717, 1.165) is 43.4 Å². The van der Waals surface area contributed by atoms with Crippen molar-refractivity contribution in [2.45, 2.75) is 51.6 Å². The highest BCUT2D eigenvalue weighted by Crippen LogP contribution is 2.37. The van der Waals surface area contributed by atoms with Crippen LogP contribution in [0.3, 0.4) is 0 Å². The molecule has 0 aliphatic heterocycles. The van der Waals surface area contributed by atoms with Crippen LogP contribution in [0, 0.1) is 17.6 Å². The van der Waals surface area contributed by atoms with Crippen LogP contribution in [0.5, 0.6) is 11.8 Å². The maximum Gasteiger partial charge on any atom is 0.431 e. The molecule has 30 heavy (non-hydrogen) atoms. The summed E-state index contributed by atoms with van der Waals surface area (Å²) in [5, 5.41) is 0. The van der Waals surface area contributed by atoms with Crippen LogP contribution >= 0.6 is 0 Å². The molecule has 0 saturated heterocycles. The zero-order valence-electron chi connectivity index (χ0n) is 16.9. The fourth-order valence-corrected chi connectivity index (χ4v) is 3.70. The summed E-state index contributed by atoms with van der Waals surface area (Å²) < 4.78 is 66.2. The second-order valence-electron chi connectivity index (χ2n) is 7.23. The third-order valence-corrected chi connectivity index (χ3v) is 5.24. The van der Waals surface area contributed by atoms with E-state index in [-0.39, 0.29) is 12.5 Å². The summed E-state index contributed by atoms with van der Waals surface area (Å²) in [5.74, 6) is -2.85. The Labute approximate surface area is 173 Å². The monoisotopic (exact) mass is 424 g/mol. The van der Waals surface area contributed by atoms with Gasteiger partial charge in [0, 0.05) is 12.4 Å². The maximum absolute atomic E-state index is 14.4. The lowest BCUT2D eigenvalue weighted by Gasteiger charge is -2.26. The van der Waals surface area contributed by atoms with Crippen molar-refractivity contribution in [2.24, 2.45) is 5.92 Å². The molecule has 4 nitrogen and oxygen atoms in total. The number of benzene rings is 1. The van der Waals surface area contributed by atoms with Gasteiger partial charge in [0.25, 0.3) is 0 Å². The zero-order valence-corrected chi connectivity index (χ0v) is 16.9. The molecule has 0 unspecified atom stereocenters. The van der Waals surface area contributed by atoms with Gasteiger partial charge >= 0.3 is 12.1 Å². The van der Waals surface area contributed by atoms with Crippen molar-refractivity contribution in [3.8, 4) is 11.8 Å². The van der Waals surface area contributed by atoms with E-state index in [0.29, 0.717) is 5.92 Å². The van der Waals surface area contributed by atoms with Gasteiger partial charge in [-0.3, -0.25) is 0 Å². The van der Waals surface area contributed by atoms with Crippen molar-refractivity contribution in [3.63, 3.8) is 0 Å². The Balaban J connectivity index is 1.70. The highest BCUT2D eigenvalue weighted by Gasteiger charge is 2.40. The van der Waals surface area contributed by atoms with Crippen LogP contribution in [-0.2, 0) is 6.11 Å². The Morgan fingerprint density at radius 1 is 1.07 bits per heavy atom. The maximum atomic E-state index is 14.4. The van der Waals surface area contributed by atoms with Crippen molar-refractivity contribution >= 4 is 0 Å². The number of ether oxygens (including phenoxy) is 2. The van der Waals surface area contributed by atoms with Crippen LogP contribution in [0.1, 0.15) is 56.6 Å². The number of allylic oxidation sites excluding steroid dienone is 2. The summed E-state index contributed by atoms with van der Waals surface area (Å²) >= 11 is 0. The Hall–Kier alpha value is -2.64. The molecule has 8 heteroatoms. The van der Waals surface area contributed by atoms with E-state index < -0.39 is 35.1 Å². The van der Waals surface area contributed by atoms with E-state index in [1.807, 2.05) is 6.92 Å². The van der Waals surface area contributed by atoms with Gasteiger partial charge < -0.3 is 9.47 Å². The number of aromatic nitrogens is 2. The summed E-state index contributed by atoms with van der Waals surface area (Å²) in [4.78, 5) is 7.70. The average Bonchev–Trinajstić information content (AvgIpc) is 2.73. The normalized spacial score (nSPS) is 19.8. The van der Waals surface area contributed by atoms with E-state index in [1.165, 1.54) is 12.4 Å². The molecule has 0 amide bonds. The van der Waals surface area contributed by atoms with E-state index >= 15 is 0 Å². The molecule has 1 aliphatic rings. The summed E-state index contributed by atoms with van der Waals surface area (Å²) in [5.41, 5.74) is -0.402. The van der Waals surface area contributed by atoms with E-state index in [2.05, 4.69) is 26.9 Å². The van der Waals surface area contributed by atoms with Crippen LogP contribution in [0.2, 0.25) is 0 Å². The molecule has 1 aliphatic carbocycles. The van der Waals surface area contributed by atoms with Crippen molar-refractivity contribution in [3.05, 3.63) is 59.4 Å². The molecule has 162 valence electrons. The number of halogens is 4. The van der Waals surface area contributed by atoms with Gasteiger partial charge in [-0.1, -0.05) is 12.2 Å². The second kappa shape index (κ2) is 9.45. The highest BCUT2D eigenvalue weighted by molar-refractivity contribution is 5.33. The standard InChI is InChI=1S/C22H24F4N2O2/c1-3-5-14-6-8-15(9-7-14)16-12-27-21(28-13-16)30-22(25,26)17-10-11-18(29-4-2)20(24)19(17)23/h3,5,10-15H,4,6-9H2,1-2H3. The van der Waals surface area contributed by atoms with Gasteiger partial charge in [0.1, 0.15) is 5.56 Å². The van der Waals surface area contributed by atoms with Gasteiger partial charge in [0.15, 0.2) is 11.6 Å². The Bertz CT molecular complexity index is 879. The minimum atomic E-state index is -4.15. The van der Waals surface area contributed by atoms with Crippen LogP contribution in [0.25, 0.3) is 0 Å². The first-order valence-corrected chi connectivity index (χ1v) is 9.98. The summed E-state index contributed by atoms with van der Waals surface area (Å²) in [6.45, 7) is 3.64. The number of hydrogen-bond acceptors (Lipinski definition) is 4. The summed E-state index contributed by atoms with van der Waals surface area (Å²) in [6.07, 6.45) is 7.04. The molecule has 1 saturated carbocycles. The van der Waals surface area contributed by atoms with Crippen LogP contribution in [0.15, 0.2) is 36.7 Å². The van der Waals surface area contributed by atoms with Gasteiger partial charge in [-0.15, -0.1) is 0 Å². The first kappa shape index (κ1) is 22.1. The third kappa shape index (κ3) is 4.91. The van der Waals surface area contributed by atoms with Crippen molar-refractivity contribution < 1.29 is 27.0 Å². The first-order valence-electron chi connectivity index (χ1n) is 9.98. The molecule has 1 aromatic heterocycles. The van der Waals surface area contributed by atoms with Crippen molar-refractivity contribution in [1.82, 2.24) is 9.97 Å². The average molecular weight is 424 g/mol. The largest absolute Gasteiger partial charge is 0.491 e. The quantitative estimate of drug-likeness (QED) is 0.396. The molecule has 0 spiro atoms. The molecule has 0 radical (unpaired) electrons. The Kier molecular flexibility index (Phi) is 6.95. The molecule has 1 fully saturated rings. The fraction of sp³-hybridized carbons (Fsp3) is 0.455. The minimum absolute atomic E-state index is 0.0692. The molecule has 1 heterocycles. The predicted molar refractivity (Wildman–Crippen MR) is 104 cm³/mol. The van der Waals surface area contributed by atoms with Crippen LogP contribution in [0.4, 0.5) is 17.6 Å². The molecule has 2 aromatic rings. The summed E-state index contributed by atoms with van der Waals surface area (Å²) in [6, 6.07) is 1.05. The van der Waals surface area contributed by atoms with Gasteiger partial charge in [-0.05, 0) is 69.1 Å². The molecular formula is C22H24F4N2O2. The predicted octanol–water partition coefficient (Wildman–Crippen LogP) is 6.13. The van der Waals surface area contributed by atoms with Crippen molar-refractivity contribution in [2.75, 3.05) is 6.61 Å². The van der Waals surface area contributed by atoms with Gasteiger partial charge in [0.2, 0.25) is 5.82 Å². The zero-order chi connectivity index (χ0) is 21.7. The van der Waals surface area contributed by atoms with E-state index in [9.17, 15) is 17.6 Å². The van der Waals surface area contributed by atoms with Gasteiger partial charge in [-0.2, -0.15) is 13.2 Å². The number of alkyl halides is 2.